The minimum Gasteiger partial charge on any atom is -0.478 e. The van der Waals surface area contributed by atoms with Gasteiger partial charge in [0.05, 0.1) is 5.57 Å². The van der Waals surface area contributed by atoms with Crippen LogP contribution in [0.2, 0.25) is 0 Å². The molecule has 0 aliphatic rings. The SMILES string of the molecule is C=C/C=C(\C=C(\Br)C=C)C(=O)O.CC. The molecule has 14 heavy (non-hydrogen) atoms. The molecule has 1 N–H and O–H groups in total. The van der Waals surface area contributed by atoms with E-state index in [2.05, 4.69) is 29.1 Å². The smallest absolute Gasteiger partial charge is 0.335 e. The van der Waals surface area contributed by atoms with Gasteiger partial charge in [0.1, 0.15) is 0 Å². The van der Waals surface area contributed by atoms with Gasteiger partial charge in [-0.1, -0.05) is 55.1 Å². The van der Waals surface area contributed by atoms with Gasteiger partial charge < -0.3 is 5.11 Å². The molecule has 0 saturated carbocycles. The van der Waals surface area contributed by atoms with Crippen molar-refractivity contribution in [2.24, 2.45) is 0 Å². The Labute approximate surface area is 93.5 Å². The normalized spacial score (nSPS) is 11.1. The number of hydrogen-bond acceptors (Lipinski definition) is 1. The zero-order valence-corrected chi connectivity index (χ0v) is 10.0. The monoisotopic (exact) mass is 258 g/mol. The molecule has 0 aromatic rings. The molecule has 0 aliphatic carbocycles. The van der Waals surface area contributed by atoms with Crippen molar-refractivity contribution < 1.29 is 9.90 Å². The molecule has 0 unspecified atom stereocenters. The number of hydrogen-bond donors (Lipinski definition) is 1. The highest BCUT2D eigenvalue weighted by atomic mass is 79.9. The predicted molar refractivity (Wildman–Crippen MR) is 64.5 cm³/mol. The quantitative estimate of drug-likeness (QED) is 0.617. The summed E-state index contributed by atoms with van der Waals surface area (Å²) in [6.07, 6.45) is 5.80. The van der Waals surface area contributed by atoms with E-state index in [4.69, 9.17) is 5.11 Å². The Morgan fingerprint density at radius 2 is 1.86 bits per heavy atom. The van der Waals surface area contributed by atoms with Crippen molar-refractivity contribution in [2.75, 3.05) is 0 Å². The van der Waals surface area contributed by atoms with Gasteiger partial charge in [-0.25, -0.2) is 4.79 Å². The molecule has 0 atom stereocenters. The summed E-state index contributed by atoms with van der Waals surface area (Å²) in [5, 5.41) is 8.63. The van der Waals surface area contributed by atoms with E-state index in [0.29, 0.717) is 4.48 Å². The van der Waals surface area contributed by atoms with Gasteiger partial charge >= 0.3 is 5.97 Å². The van der Waals surface area contributed by atoms with Crippen LogP contribution in [0.4, 0.5) is 0 Å². The molecule has 3 heteroatoms. The minimum absolute atomic E-state index is 0.164. The second kappa shape index (κ2) is 9.99. The third kappa shape index (κ3) is 7.55. The molecule has 0 spiro atoms. The van der Waals surface area contributed by atoms with E-state index >= 15 is 0 Å². The predicted octanol–water partition coefficient (Wildman–Crippen LogP) is 3.67. The Kier molecular flexibility index (Phi) is 11.0. The molecule has 78 valence electrons. The second-order valence-corrected chi connectivity index (χ2v) is 2.81. The average molecular weight is 259 g/mol. The molecule has 0 saturated heterocycles. The summed E-state index contributed by atoms with van der Waals surface area (Å²) in [6, 6.07) is 0. The number of aliphatic carboxylic acids is 1. The van der Waals surface area contributed by atoms with E-state index in [9.17, 15) is 4.79 Å². The average Bonchev–Trinajstić information content (AvgIpc) is 2.19. The Morgan fingerprint density at radius 3 is 2.14 bits per heavy atom. The van der Waals surface area contributed by atoms with E-state index in [1.54, 1.807) is 0 Å². The van der Waals surface area contributed by atoms with Crippen LogP contribution in [0.15, 0.2) is 47.5 Å². The van der Waals surface area contributed by atoms with Crippen molar-refractivity contribution >= 4 is 21.9 Å². The molecule has 0 fully saturated rings. The number of halogens is 1. The van der Waals surface area contributed by atoms with Gasteiger partial charge in [-0.15, -0.1) is 0 Å². The molecule has 0 radical (unpaired) electrons. The summed E-state index contributed by atoms with van der Waals surface area (Å²) in [4.78, 5) is 10.5. The van der Waals surface area contributed by atoms with Crippen molar-refractivity contribution in [3.8, 4) is 0 Å². The van der Waals surface area contributed by atoms with Crippen LogP contribution in [0.3, 0.4) is 0 Å². The molecule has 0 aliphatic heterocycles. The van der Waals surface area contributed by atoms with Crippen LogP contribution in [0.1, 0.15) is 13.8 Å². The molecule has 0 aromatic carbocycles. The van der Waals surface area contributed by atoms with E-state index < -0.39 is 5.97 Å². The minimum atomic E-state index is -0.992. The number of rotatable bonds is 4. The van der Waals surface area contributed by atoms with Gasteiger partial charge in [-0.05, 0) is 12.2 Å². The van der Waals surface area contributed by atoms with Crippen molar-refractivity contribution in [1.29, 1.82) is 0 Å². The summed E-state index contributed by atoms with van der Waals surface area (Å²) in [7, 11) is 0. The zero-order chi connectivity index (χ0) is 11.6. The summed E-state index contributed by atoms with van der Waals surface area (Å²) >= 11 is 3.12. The third-order valence-electron chi connectivity index (χ3n) is 1.03. The topological polar surface area (TPSA) is 37.3 Å². The fraction of sp³-hybridized carbons (Fsp3) is 0.182. The highest BCUT2D eigenvalue weighted by Crippen LogP contribution is 2.10. The summed E-state index contributed by atoms with van der Waals surface area (Å²) in [5.74, 6) is -0.992. The van der Waals surface area contributed by atoms with Crippen LogP contribution in [-0.2, 0) is 4.79 Å². The van der Waals surface area contributed by atoms with Gasteiger partial charge in [0.25, 0.3) is 0 Å². The largest absolute Gasteiger partial charge is 0.478 e. The van der Waals surface area contributed by atoms with Crippen LogP contribution < -0.4 is 0 Å². The molecule has 0 amide bonds. The molecule has 0 bridgehead atoms. The van der Waals surface area contributed by atoms with Gasteiger partial charge in [0.15, 0.2) is 0 Å². The second-order valence-electron chi connectivity index (χ2n) is 1.90. The molecule has 0 heterocycles. The Hall–Kier alpha value is -1.09. The zero-order valence-electron chi connectivity index (χ0n) is 8.46. The maximum Gasteiger partial charge on any atom is 0.335 e. The van der Waals surface area contributed by atoms with Crippen molar-refractivity contribution in [3.63, 3.8) is 0 Å². The lowest BCUT2D eigenvalue weighted by Crippen LogP contribution is -1.97. The van der Waals surface area contributed by atoms with Crippen molar-refractivity contribution in [2.45, 2.75) is 13.8 Å². The number of carboxylic acid groups (broad SMARTS) is 1. The molecular formula is C11H15BrO2. The van der Waals surface area contributed by atoms with Gasteiger partial charge in [0, 0.05) is 4.48 Å². The first-order chi connectivity index (χ1) is 6.61. The first-order valence-corrected chi connectivity index (χ1v) is 4.96. The standard InChI is InChI=1S/C9H9BrO2.C2H6/c1-3-5-7(9(11)12)6-8(10)4-2;1-2/h3-6H,1-2H2,(H,11,12);1-2H3/b7-5+,8-6+;. The van der Waals surface area contributed by atoms with E-state index in [1.807, 2.05) is 13.8 Å². The molecule has 0 aromatic heterocycles. The Balaban J connectivity index is 0. The Morgan fingerprint density at radius 1 is 1.36 bits per heavy atom. The van der Waals surface area contributed by atoms with Crippen LogP contribution in [0.25, 0.3) is 0 Å². The van der Waals surface area contributed by atoms with E-state index in [1.165, 1.54) is 24.3 Å². The maximum absolute atomic E-state index is 10.5. The van der Waals surface area contributed by atoms with E-state index in [0.717, 1.165) is 0 Å². The highest BCUT2D eigenvalue weighted by molar-refractivity contribution is 9.11. The van der Waals surface area contributed by atoms with Crippen molar-refractivity contribution in [3.05, 3.63) is 47.5 Å². The van der Waals surface area contributed by atoms with Crippen LogP contribution in [0, 0.1) is 0 Å². The first-order valence-electron chi connectivity index (χ1n) is 4.17. The number of carbonyl (C=O) groups is 1. The number of allylic oxidation sites excluding steroid dienone is 4. The third-order valence-corrected chi connectivity index (χ3v) is 1.59. The van der Waals surface area contributed by atoms with Crippen LogP contribution in [-0.4, -0.2) is 11.1 Å². The van der Waals surface area contributed by atoms with Gasteiger partial charge in [-0.3, -0.25) is 0 Å². The molecule has 2 nitrogen and oxygen atoms in total. The summed E-state index contributed by atoms with van der Waals surface area (Å²) < 4.78 is 0.623. The maximum atomic E-state index is 10.5. The van der Waals surface area contributed by atoms with Gasteiger partial charge in [0.2, 0.25) is 0 Å². The van der Waals surface area contributed by atoms with Crippen LogP contribution in [0.5, 0.6) is 0 Å². The van der Waals surface area contributed by atoms with E-state index in [-0.39, 0.29) is 5.57 Å². The lowest BCUT2D eigenvalue weighted by molar-refractivity contribution is -0.132. The fourth-order valence-electron chi connectivity index (χ4n) is 0.516. The lowest BCUT2D eigenvalue weighted by Gasteiger charge is -1.92. The van der Waals surface area contributed by atoms with Crippen LogP contribution >= 0.6 is 15.9 Å². The first kappa shape index (κ1) is 15.4. The van der Waals surface area contributed by atoms with Crippen molar-refractivity contribution in [1.82, 2.24) is 0 Å². The lowest BCUT2D eigenvalue weighted by atomic mass is 10.2. The Bertz CT molecular complexity index is 262. The molecular weight excluding hydrogens is 244 g/mol. The van der Waals surface area contributed by atoms with Gasteiger partial charge in [-0.2, -0.15) is 0 Å². The fourth-order valence-corrected chi connectivity index (χ4v) is 0.762. The molecule has 0 rings (SSSR count). The summed E-state index contributed by atoms with van der Waals surface area (Å²) in [6.45, 7) is 10.9. The number of carboxylic acids is 1. The summed E-state index contributed by atoms with van der Waals surface area (Å²) in [5.41, 5.74) is 0.164. The highest BCUT2D eigenvalue weighted by Gasteiger charge is 2.01.